The molecule has 1 aliphatic rings. The van der Waals surface area contributed by atoms with Gasteiger partial charge in [-0.05, 0) is 31.5 Å². The zero-order chi connectivity index (χ0) is 20.4. The monoisotopic (exact) mass is 425 g/mol. The summed E-state index contributed by atoms with van der Waals surface area (Å²) in [6.07, 6.45) is 1.32. The summed E-state index contributed by atoms with van der Waals surface area (Å²) in [6, 6.07) is 5.00. The average Bonchev–Trinajstić information content (AvgIpc) is 3.06. The lowest BCUT2D eigenvalue weighted by Gasteiger charge is -2.36. The molecule has 10 heteroatoms. The average molecular weight is 426 g/mol. The number of halogens is 2. The van der Waals surface area contributed by atoms with Gasteiger partial charge in [-0.3, -0.25) is 24.5 Å². The summed E-state index contributed by atoms with van der Waals surface area (Å²) >= 11 is 12.0. The maximum atomic E-state index is 12.8. The largest absolute Gasteiger partial charge is 0.338 e. The van der Waals surface area contributed by atoms with Crippen molar-refractivity contribution >= 4 is 34.8 Å². The van der Waals surface area contributed by atoms with Crippen LogP contribution in [0.15, 0.2) is 24.4 Å². The molecular weight excluding hydrogens is 405 g/mol. The number of carbonyl (C=O) groups excluding carboxylic acids is 1. The molecule has 1 aromatic carbocycles. The lowest BCUT2D eigenvalue weighted by atomic mass is 10.2. The Morgan fingerprint density at radius 3 is 2.50 bits per heavy atom. The molecule has 8 nitrogen and oxygen atoms in total. The van der Waals surface area contributed by atoms with Crippen LogP contribution >= 0.6 is 23.2 Å². The molecule has 0 N–H and O–H groups in total. The predicted molar refractivity (Wildman–Crippen MR) is 107 cm³/mol. The minimum atomic E-state index is -0.589. The van der Waals surface area contributed by atoms with E-state index in [2.05, 4.69) is 10.00 Å². The maximum absolute atomic E-state index is 12.8. The third-order valence-electron chi connectivity index (χ3n) is 4.92. The highest BCUT2D eigenvalue weighted by Crippen LogP contribution is 2.24. The molecule has 28 heavy (non-hydrogen) atoms. The number of rotatable bonds is 5. The summed E-state index contributed by atoms with van der Waals surface area (Å²) in [5.74, 6) is -0.0911. The van der Waals surface area contributed by atoms with Crippen LogP contribution in [-0.4, -0.2) is 56.6 Å². The Kier molecular flexibility index (Phi) is 6.22. The van der Waals surface area contributed by atoms with E-state index in [9.17, 15) is 14.9 Å². The normalized spacial score (nSPS) is 16.2. The van der Waals surface area contributed by atoms with Crippen LogP contribution in [0, 0.1) is 17.0 Å². The molecule has 0 radical (unpaired) electrons. The number of amides is 1. The van der Waals surface area contributed by atoms with Crippen molar-refractivity contribution < 1.29 is 9.72 Å². The first-order chi connectivity index (χ1) is 13.3. The Balaban J connectivity index is 1.58. The molecule has 150 valence electrons. The number of nitro groups is 1. The van der Waals surface area contributed by atoms with E-state index in [1.54, 1.807) is 24.8 Å². The number of piperazine rings is 1. The Hall–Kier alpha value is -2.16. The zero-order valence-corrected chi connectivity index (χ0v) is 17.2. The molecule has 1 fully saturated rings. The smallest absolute Gasteiger partial charge is 0.309 e. The molecule has 0 spiro atoms. The maximum Gasteiger partial charge on any atom is 0.309 e. The van der Waals surface area contributed by atoms with E-state index in [0.29, 0.717) is 28.8 Å². The van der Waals surface area contributed by atoms with Crippen LogP contribution in [-0.2, 0) is 11.3 Å². The topological polar surface area (TPSA) is 84.5 Å². The molecule has 0 aliphatic carbocycles. The molecule has 2 heterocycles. The van der Waals surface area contributed by atoms with E-state index >= 15 is 0 Å². The van der Waals surface area contributed by atoms with Crippen LogP contribution < -0.4 is 0 Å². The lowest BCUT2D eigenvalue weighted by Crippen LogP contribution is -2.49. The Bertz CT molecular complexity index is 893. The second-order valence-corrected chi connectivity index (χ2v) is 7.68. The van der Waals surface area contributed by atoms with E-state index in [0.717, 1.165) is 25.2 Å². The molecule has 3 rings (SSSR count). The van der Waals surface area contributed by atoms with Gasteiger partial charge in [0.25, 0.3) is 0 Å². The molecule has 0 bridgehead atoms. The fourth-order valence-corrected chi connectivity index (χ4v) is 3.57. The highest BCUT2D eigenvalue weighted by atomic mass is 35.5. The molecule has 1 saturated heterocycles. The van der Waals surface area contributed by atoms with Crippen molar-refractivity contribution in [2.45, 2.75) is 26.4 Å². The van der Waals surface area contributed by atoms with Gasteiger partial charge in [-0.2, -0.15) is 5.10 Å². The molecule has 0 saturated carbocycles. The highest BCUT2D eigenvalue weighted by molar-refractivity contribution is 6.42. The van der Waals surface area contributed by atoms with Gasteiger partial charge in [0.15, 0.2) is 0 Å². The van der Waals surface area contributed by atoms with Gasteiger partial charge in [-0.1, -0.05) is 29.3 Å². The molecule has 1 amide bonds. The lowest BCUT2D eigenvalue weighted by molar-refractivity contribution is -0.385. The summed E-state index contributed by atoms with van der Waals surface area (Å²) in [6.45, 7) is 6.65. The standard InChI is InChI=1S/C18H21Cl2N5O3/c1-12-17(25(27)28)11-24(21-12)13(2)18(26)23-7-5-22(6-8-23)10-14-3-4-15(19)16(20)9-14/h3-4,9,11,13H,5-8,10H2,1-2H3. The Morgan fingerprint density at radius 2 is 1.93 bits per heavy atom. The van der Waals surface area contributed by atoms with E-state index in [1.807, 2.05) is 12.1 Å². The number of benzene rings is 1. The van der Waals surface area contributed by atoms with E-state index in [1.165, 1.54) is 10.9 Å². The molecule has 1 unspecified atom stereocenters. The summed E-state index contributed by atoms with van der Waals surface area (Å²) in [4.78, 5) is 27.3. The van der Waals surface area contributed by atoms with Crippen molar-refractivity contribution in [1.82, 2.24) is 19.6 Å². The number of nitrogens with zero attached hydrogens (tertiary/aromatic N) is 5. The highest BCUT2D eigenvalue weighted by Gasteiger charge is 2.28. The van der Waals surface area contributed by atoms with Crippen LogP contribution in [0.3, 0.4) is 0 Å². The fraction of sp³-hybridized carbons (Fsp3) is 0.444. The zero-order valence-electron chi connectivity index (χ0n) is 15.6. The summed E-state index contributed by atoms with van der Waals surface area (Å²) in [7, 11) is 0. The van der Waals surface area contributed by atoms with E-state index in [4.69, 9.17) is 23.2 Å². The van der Waals surface area contributed by atoms with Crippen LogP contribution in [0.4, 0.5) is 5.69 Å². The number of hydrogen-bond donors (Lipinski definition) is 0. The minimum absolute atomic E-state index is 0.0777. The number of carbonyl (C=O) groups is 1. The van der Waals surface area contributed by atoms with Gasteiger partial charge < -0.3 is 4.90 Å². The SMILES string of the molecule is Cc1nn(C(C)C(=O)N2CCN(Cc3ccc(Cl)c(Cl)c3)CC2)cc1[N+](=O)[O-]. The van der Waals surface area contributed by atoms with Crippen molar-refractivity contribution in [2.24, 2.45) is 0 Å². The fourth-order valence-electron chi connectivity index (χ4n) is 3.25. The van der Waals surface area contributed by atoms with Gasteiger partial charge in [-0.25, -0.2) is 0 Å². The quantitative estimate of drug-likeness (QED) is 0.541. The second kappa shape index (κ2) is 8.46. The van der Waals surface area contributed by atoms with Crippen LogP contribution in [0.1, 0.15) is 24.2 Å². The number of aryl methyl sites for hydroxylation is 1. The molecule has 1 aromatic heterocycles. The van der Waals surface area contributed by atoms with Crippen LogP contribution in [0.2, 0.25) is 10.0 Å². The molecule has 2 aromatic rings. The molecule has 1 atom stereocenters. The van der Waals surface area contributed by atoms with E-state index in [-0.39, 0.29) is 11.6 Å². The number of hydrogen-bond acceptors (Lipinski definition) is 5. The molecular formula is C18H21Cl2N5O3. The first kappa shape index (κ1) is 20.6. The van der Waals surface area contributed by atoms with Gasteiger partial charge in [0.2, 0.25) is 5.91 Å². The first-order valence-electron chi connectivity index (χ1n) is 8.91. The summed E-state index contributed by atoms with van der Waals surface area (Å²) in [5.41, 5.74) is 1.30. The van der Waals surface area contributed by atoms with Crippen LogP contribution in [0.5, 0.6) is 0 Å². The molecule has 1 aliphatic heterocycles. The third-order valence-corrected chi connectivity index (χ3v) is 5.65. The van der Waals surface area contributed by atoms with Crippen molar-refractivity contribution in [3.63, 3.8) is 0 Å². The summed E-state index contributed by atoms with van der Waals surface area (Å²) < 4.78 is 1.37. The third kappa shape index (κ3) is 4.45. The van der Waals surface area contributed by atoms with Crippen LogP contribution in [0.25, 0.3) is 0 Å². The van der Waals surface area contributed by atoms with Gasteiger partial charge >= 0.3 is 5.69 Å². The second-order valence-electron chi connectivity index (χ2n) is 6.86. The Morgan fingerprint density at radius 1 is 1.25 bits per heavy atom. The van der Waals surface area contributed by atoms with Crippen molar-refractivity contribution in [1.29, 1.82) is 0 Å². The Labute approximate surface area is 172 Å². The van der Waals surface area contributed by atoms with Crippen molar-refractivity contribution in [3.05, 3.63) is 55.8 Å². The van der Waals surface area contributed by atoms with Crippen molar-refractivity contribution in [2.75, 3.05) is 26.2 Å². The van der Waals surface area contributed by atoms with Gasteiger partial charge in [0.05, 0.1) is 15.0 Å². The van der Waals surface area contributed by atoms with Gasteiger partial charge in [0.1, 0.15) is 17.9 Å². The minimum Gasteiger partial charge on any atom is -0.338 e. The predicted octanol–water partition coefficient (Wildman–Crippen LogP) is 3.31. The number of aromatic nitrogens is 2. The van der Waals surface area contributed by atoms with Gasteiger partial charge in [0, 0.05) is 32.7 Å². The van der Waals surface area contributed by atoms with Crippen molar-refractivity contribution in [3.8, 4) is 0 Å². The summed E-state index contributed by atoms with van der Waals surface area (Å²) in [5, 5.41) is 16.2. The van der Waals surface area contributed by atoms with Gasteiger partial charge in [-0.15, -0.1) is 0 Å². The van der Waals surface area contributed by atoms with E-state index < -0.39 is 11.0 Å². The first-order valence-corrected chi connectivity index (χ1v) is 9.67.